The Morgan fingerprint density at radius 1 is 0.949 bits per heavy atom. The summed E-state index contributed by atoms with van der Waals surface area (Å²) < 4.78 is 27.8. The molecule has 1 aliphatic heterocycles. The van der Waals surface area contributed by atoms with Gasteiger partial charge in [-0.15, -0.1) is 0 Å². The van der Waals surface area contributed by atoms with E-state index in [4.69, 9.17) is 23.7 Å². The molecule has 0 bridgehead atoms. The Balaban J connectivity index is 1.82. The van der Waals surface area contributed by atoms with Gasteiger partial charge in [0.05, 0.1) is 46.0 Å². The second-order valence-corrected chi connectivity index (χ2v) is 9.86. The number of ether oxygens (including phenoxy) is 5. The topological polar surface area (TPSA) is 92.3 Å². The maximum absolute atomic E-state index is 14.0. The fraction of sp³-hybridized carbons (Fsp3) is 0.419. The molecule has 8 nitrogen and oxygen atoms in total. The van der Waals surface area contributed by atoms with Crippen LogP contribution in [0.4, 0.5) is 0 Å². The number of dihydropyridines is 1. The summed E-state index contributed by atoms with van der Waals surface area (Å²) in [5.74, 6) is 1.21. The van der Waals surface area contributed by atoms with Gasteiger partial charge in [0.15, 0.2) is 17.3 Å². The van der Waals surface area contributed by atoms with Gasteiger partial charge in [-0.2, -0.15) is 0 Å². The quantitative estimate of drug-likeness (QED) is 0.426. The monoisotopic (exact) mass is 535 g/mol. The van der Waals surface area contributed by atoms with Crippen LogP contribution in [0.15, 0.2) is 58.9 Å². The van der Waals surface area contributed by atoms with Gasteiger partial charge in [0.25, 0.3) is 0 Å². The van der Waals surface area contributed by atoms with Gasteiger partial charge in [-0.05, 0) is 56.4 Å². The average molecular weight is 536 g/mol. The molecule has 0 amide bonds. The van der Waals surface area contributed by atoms with E-state index < -0.39 is 11.9 Å². The van der Waals surface area contributed by atoms with Crippen LogP contribution in [0.25, 0.3) is 0 Å². The lowest BCUT2D eigenvalue weighted by atomic mass is 9.71. The predicted molar refractivity (Wildman–Crippen MR) is 148 cm³/mol. The third kappa shape index (κ3) is 5.46. The fourth-order valence-corrected chi connectivity index (χ4v) is 5.35. The smallest absolute Gasteiger partial charge is 0.337 e. The Kier molecular flexibility index (Phi) is 8.53. The maximum Gasteiger partial charge on any atom is 0.337 e. The Morgan fingerprint density at radius 2 is 1.67 bits per heavy atom. The number of hydrogen-bond acceptors (Lipinski definition) is 8. The molecular weight excluding hydrogens is 498 g/mol. The summed E-state index contributed by atoms with van der Waals surface area (Å²) in [5.41, 5.74) is 4.13. The number of rotatable bonds is 9. The molecule has 1 heterocycles. The Hall–Kier alpha value is -3.94. The second-order valence-electron chi connectivity index (χ2n) is 9.86. The highest BCUT2D eigenvalue weighted by Gasteiger charge is 2.42. The van der Waals surface area contributed by atoms with Crippen molar-refractivity contribution in [1.29, 1.82) is 0 Å². The van der Waals surface area contributed by atoms with Crippen molar-refractivity contribution in [2.75, 3.05) is 28.4 Å². The first kappa shape index (κ1) is 28.1. The summed E-state index contributed by atoms with van der Waals surface area (Å²) in [5, 5.41) is 3.40. The third-order valence-electron chi connectivity index (χ3n) is 7.56. The number of ketones is 1. The van der Waals surface area contributed by atoms with Crippen molar-refractivity contribution in [2.24, 2.45) is 0 Å². The molecule has 208 valence electrons. The SMILES string of the molecule is CC[C@@H](C)OC(=O)C1=C(C)NC2=C(C(=O)C[C@@H](c3ccc(OC)c(OC)c3)C2)[C@H]1c1ccc(OC)cc1OC. The molecule has 0 fully saturated rings. The Bertz CT molecular complexity index is 1330. The molecule has 2 aliphatic rings. The lowest BCUT2D eigenvalue weighted by molar-refractivity contribution is -0.144. The van der Waals surface area contributed by atoms with Crippen LogP contribution >= 0.6 is 0 Å². The van der Waals surface area contributed by atoms with Crippen LogP contribution in [0.3, 0.4) is 0 Å². The highest BCUT2D eigenvalue weighted by molar-refractivity contribution is 6.04. The van der Waals surface area contributed by atoms with Crippen molar-refractivity contribution in [2.45, 2.75) is 58.0 Å². The summed E-state index contributed by atoms with van der Waals surface area (Å²) in [6.07, 6.45) is 1.30. The molecule has 1 aliphatic carbocycles. The summed E-state index contributed by atoms with van der Waals surface area (Å²) in [6.45, 7) is 5.67. The molecule has 2 aromatic carbocycles. The number of benzene rings is 2. The van der Waals surface area contributed by atoms with Crippen molar-refractivity contribution >= 4 is 11.8 Å². The van der Waals surface area contributed by atoms with E-state index in [1.54, 1.807) is 34.5 Å². The summed E-state index contributed by atoms with van der Waals surface area (Å²) in [7, 11) is 6.34. The fourth-order valence-electron chi connectivity index (χ4n) is 5.35. The zero-order valence-electron chi connectivity index (χ0n) is 23.7. The van der Waals surface area contributed by atoms with E-state index in [0.717, 1.165) is 11.3 Å². The molecule has 3 atom stereocenters. The predicted octanol–water partition coefficient (Wildman–Crippen LogP) is 5.42. The van der Waals surface area contributed by atoms with Gasteiger partial charge in [-0.1, -0.05) is 19.1 Å². The molecule has 0 saturated carbocycles. The van der Waals surface area contributed by atoms with Gasteiger partial charge in [-0.3, -0.25) is 4.79 Å². The first-order valence-electron chi connectivity index (χ1n) is 13.1. The van der Waals surface area contributed by atoms with E-state index in [2.05, 4.69) is 5.32 Å². The number of carbonyl (C=O) groups excluding carboxylic acids is 2. The van der Waals surface area contributed by atoms with Crippen LogP contribution in [-0.2, 0) is 14.3 Å². The molecule has 0 unspecified atom stereocenters. The number of methoxy groups -OCH3 is 4. The molecule has 0 radical (unpaired) electrons. The van der Waals surface area contributed by atoms with E-state index in [1.165, 1.54) is 0 Å². The zero-order chi connectivity index (χ0) is 28.3. The normalized spacial score (nSPS) is 19.6. The van der Waals surface area contributed by atoms with E-state index in [1.807, 2.05) is 51.1 Å². The van der Waals surface area contributed by atoms with Gasteiger partial charge >= 0.3 is 5.97 Å². The van der Waals surface area contributed by atoms with Crippen molar-refractivity contribution in [3.05, 3.63) is 70.1 Å². The standard InChI is InChI=1S/C31H37NO7/c1-8-17(2)39-31(34)28-18(3)32-23-13-20(19-9-12-25(36-5)27(15-19)38-7)14-24(33)30(23)29(28)22-11-10-21(35-4)16-26(22)37-6/h9-12,15-17,20,29,32H,8,13-14H2,1-7H3/t17-,20+,29+/m1/s1. The van der Waals surface area contributed by atoms with Crippen LogP contribution in [0.1, 0.15) is 63.0 Å². The van der Waals surface area contributed by atoms with Crippen molar-refractivity contribution < 1.29 is 33.3 Å². The number of hydrogen-bond donors (Lipinski definition) is 1. The van der Waals surface area contributed by atoms with Crippen LogP contribution in [0.5, 0.6) is 23.0 Å². The molecule has 2 aromatic rings. The van der Waals surface area contributed by atoms with Crippen LogP contribution in [-0.4, -0.2) is 46.3 Å². The zero-order valence-corrected chi connectivity index (χ0v) is 23.7. The van der Waals surface area contributed by atoms with E-state index >= 15 is 0 Å². The summed E-state index contributed by atoms with van der Waals surface area (Å²) >= 11 is 0. The molecule has 39 heavy (non-hydrogen) atoms. The van der Waals surface area contributed by atoms with Crippen molar-refractivity contribution in [1.82, 2.24) is 5.32 Å². The first-order valence-corrected chi connectivity index (χ1v) is 13.1. The minimum Gasteiger partial charge on any atom is -0.497 e. The van der Waals surface area contributed by atoms with Crippen molar-refractivity contribution in [3.63, 3.8) is 0 Å². The number of esters is 1. The van der Waals surface area contributed by atoms with Gasteiger partial charge in [0.2, 0.25) is 0 Å². The van der Waals surface area contributed by atoms with E-state index in [9.17, 15) is 9.59 Å². The van der Waals surface area contributed by atoms with Gasteiger partial charge < -0.3 is 29.0 Å². The molecule has 4 rings (SSSR count). The maximum atomic E-state index is 14.0. The van der Waals surface area contributed by atoms with Crippen molar-refractivity contribution in [3.8, 4) is 23.0 Å². The molecule has 0 spiro atoms. The lowest BCUT2D eigenvalue weighted by Gasteiger charge is -2.37. The molecular formula is C31H37NO7. The molecule has 8 heteroatoms. The average Bonchev–Trinajstić information content (AvgIpc) is 2.95. The van der Waals surface area contributed by atoms with Crippen LogP contribution < -0.4 is 24.3 Å². The first-order chi connectivity index (χ1) is 18.8. The Morgan fingerprint density at radius 3 is 2.31 bits per heavy atom. The summed E-state index contributed by atoms with van der Waals surface area (Å²) in [4.78, 5) is 27.5. The molecule has 1 N–H and O–H groups in total. The number of Topliss-reactive ketones (excluding diaryl/α,β-unsaturated/α-hetero) is 1. The van der Waals surface area contributed by atoms with E-state index in [0.29, 0.717) is 58.2 Å². The largest absolute Gasteiger partial charge is 0.497 e. The van der Waals surface area contributed by atoms with Gasteiger partial charge in [-0.25, -0.2) is 4.79 Å². The second kappa shape index (κ2) is 11.8. The molecule has 0 aromatic heterocycles. The van der Waals surface area contributed by atoms with Gasteiger partial charge in [0.1, 0.15) is 11.5 Å². The summed E-state index contributed by atoms with van der Waals surface area (Å²) in [6, 6.07) is 11.2. The van der Waals surface area contributed by atoms with Gasteiger partial charge in [0, 0.05) is 35.0 Å². The number of carbonyl (C=O) groups is 2. The lowest BCUT2D eigenvalue weighted by Crippen LogP contribution is -2.36. The third-order valence-corrected chi connectivity index (χ3v) is 7.56. The van der Waals surface area contributed by atoms with E-state index in [-0.39, 0.29) is 24.2 Å². The minimum absolute atomic E-state index is 0.0345. The number of allylic oxidation sites excluding steroid dienone is 3. The van der Waals surface area contributed by atoms with Crippen LogP contribution in [0, 0.1) is 0 Å². The Labute approximate surface area is 229 Å². The van der Waals surface area contributed by atoms with Crippen LogP contribution in [0.2, 0.25) is 0 Å². The minimum atomic E-state index is -0.641. The highest BCUT2D eigenvalue weighted by atomic mass is 16.5. The molecule has 0 saturated heterocycles. The number of nitrogens with one attached hydrogen (secondary N) is 1. The highest BCUT2D eigenvalue weighted by Crippen LogP contribution is 2.48.